The van der Waals surface area contributed by atoms with Crippen LogP contribution in [0.3, 0.4) is 0 Å². The molecule has 6 N–H and O–H groups in total. The molecule has 1 spiro atoms. The second-order valence-electron chi connectivity index (χ2n) is 13.6. The quantitative estimate of drug-likeness (QED) is 0.152. The highest BCUT2D eigenvalue weighted by Gasteiger charge is 2.52. The van der Waals surface area contributed by atoms with E-state index in [1.807, 2.05) is 17.2 Å². The van der Waals surface area contributed by atoms with Crippen LogP contribution >= 0.6 is 0 Å². The molecular formula is C34H41N3O11. The van der Waals surface area contributed by atoms with E-state index in [0.717, 1.165) is 24.1 Å². The third-order valence-electron chi connectivity index (χ3n) is 10.4. The molecule has 4 aliphatic heterocycles. The van der Waals surface area contributed by atoms with Crippen LogP contribution in [0.2, 0.25) is 0 Å². The van der Waals surface area contributed by atoms with Gasteiger partial charge in [-0.15, -0.1) is 0 Å². The van der Waals surface area contributed by atoms with Crippen molar-refractivity contribution in [2.75, 3.05) is 31.2 Å². The molecule has 1 saturated carbocycles. The highest BCUT2D eigenvalue weighted by atomic mass is 17.2. The Balaban J connectivity index is 1.25. The first-order chi connectivity index (χ1) is 23.1. The van der Waals surface area contributed by atoms with Crippen LogP contribution < -0.4 is 20.4 Å². The number of rotatable bonds is 10. The fourth-order valence-electron chi connectivity index (χ4n) is 7.79. The number of aliphatic hydroxyl groups is 5. The van der Waals surface area contributed by atoms with Gasteiger partial charge in [0.15, 0.2) is 16.8 Å². The van der Waals surface area contributed by atoms with Crippen molar-refractivity contribution in [2.24, 2.45) is 16.8 Å². The number of amides is 1. The number of fused-ring (bicyclic) bond motifs is 3. The number of carbonyl (C=O) groups excluding carboxylic acids is 1. The molecule has 258 valence electrons. The predicted molar refractivity (Wildman–Crippen MR) is 171 cm³/mol. The Kier molecular flexibility index (Phi) is 8.91. The molecule has 1 amide bonds. The lowest BCUT2D eigenvalue weighted by atomic mass is 9.68. The van der Waals surface area contributed by atoms with E-state index in [4.69, 9.17) is 24.0 Å². The smallest absolute Gasteiger partial charge is 0.220 e. The second-order valence-corrected chi connectivity index (χ2v) is 13.6. The number of allylic oxidation sites excluding steroid dienone is 1. The van der Waals surface area contributed by atoms with Gasteiger partial charge in [-0.05, 0) is 56.6 Å². The number of aliphatic imine (C=N–C) groups is 1. The summed E-state index contributed by atoms with van der Waals surface area (Å²) in [4.78, 5) is 43.5. The van der Waals surface area contributed by atoms with E-state index >= 15 is 0 Å². The number of anilines is 1. The maximum absolute atomic E-state index is 13.3. The first kappa shape index (κ1) is 32.9. The Morgan fingerprint density at radius 1 is 1.12 bits per heavy atom. The van der Waals surface area contributed by atoms with Gasteiger partial charge >= 0.3 is 0 Å². The molecule has 1 aliphatic carbocycles. The second kappa shape index (κ2) is 13.0. The van der Waals surface area contributed by atoms with Gasteiger partial charge in [0.05, 0.1) is 24.2 Å². The SMILES string of the molecule is Cc1cc(=O)c2cc3c(c(N4C=C5C=CN=C5C4)c2o1)OC1(CCCC(C2CNC(=O)C2)C1)C(OOCC(O)C(O)C(O)C(O)CO)C3. The van der Waals surface area contributed by atoms with Crippen molar-refractivity contribution in [3.63, 3.8) is 0 Å². The Morgan fingerprint density at radius 2 is 1.94 bits per heavy atom. The molecule has 0 radical (unpaired) electrons. The highest BCUT2D eigenvalue weighted by Crippen LogP contribution is 2.52. The van der Waals surface area contributed by atoms with E-state index in [9.17, 15) is 30.0 Å². The van der Waals surface area contributed by atoms with E-state index in [1.165, 1.54) is 6.07 Å². The van der Waals surface area contributed by atoms with Crippen molar-refractivity contribution in [3.05, 3.63) is 57.7 Å². The third kappa shape index (κ3) is 5.95. The molecule has 1 aromatic carbocycles. The summed E-state index contributed by atoms with van der Waals surface area (Å²) in [6, 6.07) is 3.21. The summed E-state index contributed by atoms with van der Waals surface area (Å²) >= 11 is 0. The molecule has 8 atom stereocenters. The third-order valence-corrected chi connectivity index (χ3v) is 10.4. The van der Waals surface area contributed by atoms with Gasteiger partial charge in [0.2, 0.25) is 5.91 Å². The fourth-order valence-corrected chi connectivity index (χ4v) is 7.79. The number of ether oxygens (including phenoxy) is 1. The Labute approximate surface area is 275 Å². The molecule has 5 aliphatic rings. The van der Waals surface area contributed by atoms with Crippen molar-refractivity contribution in [2.45, 2.75) is 81.6 Å². The summed E-state index contributed by atoms with van der Waals surface area (Å²) in [6.07, 6.45) is 1.57. The average molecular weight is 668 g/mol. The number of nitrogens with one attached hydrogen (secondary N) is 1. The number of benzene rings is 1. The lowest BCUT2D eigenvalue weighted by Crippen LogP contribution is -2.56. The zero-order valence-corrected chi connectivity index (χ0v) is 26.6. The molecule has 2 aromatic rings. The monoisotopic (exact) mass is 667 g/mol. The summed E-state index contributed by atoms with van der Waals surface area (Å²) in [7, 11) is 0. The van der Waals surface area contributed by atoms with Gasteiger partial charge in [-0.2, -0.15) is 0 Å². The molecule has 14 nitrogen and oxygen atoms in total. The molecule has 1 aromatic heterocycles. The van der Waals surface area contributed by atoms with Gasteiger partial charge in [-0.1, -0.05) is 0 Å². The number of nitrogens with zero attached hydrogens (tertiary/aromatic N) is 2. The first-order valence-electron chi connectivity index (χ1n) is 16.5. The summed E-state index contributed by atoms with van der Waals surface area (Å²) in [6.45, 7) is 1.42. The van der Waals surface area contributed by atoms with Crippen molar-refractivity contribution < 1.29 is 49.3 Å². The minimum atomic E-state index is -1.82. The van der Waals surface area contributed by atoms with Crippen LogP contribution in [0.1, 0.15) is 43.4 Å². The number of carbonyl (C=O) groups is 1. The van der Waals surface area contributed by atoms with Crippen molar-refractivity contribution in [1.29, 1.82) is 0 Å². The number of hydrogen-bond acceptors (Lipinski definition) is 13. The summed E-state index contributed by atoms with van der Waals surface area (Å²) in [5, 5.41) is 52.9. The van der Waals surface area contributed by atoms with E-state index in [2.05, 4.69) is 10.3 Å². The van der Waals surface area contributed by atoms with Crippen LogP contribution in [-0.4, -0.2) is 99.6 Å². The molecule has 0 bridgehead atoms. The zero-order valence-electron chi connectivity index (χ0n) is 26.6. The largest absolute Gasteiger partial charge is 0.482 e. The molecule has 7 rings (SSSR count). The summed E-state index contributed by atoms with van der Waals surface area (Å²) in [5.41, 5.74) is 2.45. The lowest BCUT2D eigenvalue weighted by Gasteiger charge is -2.49. The van der Waals surface area contributed by atoms with Crippen LogP contribution in [0.15, 0.2) is 50.4 Å². The highest BCUT2D eigenvalue weighted by molar-refractivity contribution is 6.12. The standard InChI is InChI=1S/C34H41N3O11/c1-17-7-24(39)22-8-20-9-27(48-45-16-26(41)31(44)30(43)25(40)15-38)34(5-2-3-18(11-34)21-10-28(42)36-12-21)47-32(20)29(33(22)46-17)37-13-19-4-6-35-23(19)14-37/h4,6-8,13,18,21,25-27,30-31,38,40-41,43-44H,2-3,5,9-12,14-16H2,1H3,(H,36,42). The minimum Gasteiger partial charge on any atom is -0.482 e. The minimum absolute atomic E-state index is 0.0236. The van der Waals surface area contributed by atoms with Crippen molar-refractivity contribution in [1.82, 2.24) is 5.32 Å². The molecule has 48 heavy (non-hydrogen) atoms. The fraction of sp³-hybridized carbons (Fsp3) is 0.559. The first-order valence-corrected chi connectivity index (χ1v) is 16.5. The van der Waals surface area contributed by atoms with Gasteiger partial charge in [0.25, 0.3) is 0 Å². The predicted octanol–water partition coefficient (Wildman–Crippen LogP) is 0.526. The molecule has 8 unspecified atom stereocenters. The number of hydrogen-bond donors (Lipinski definition) is 6. The Morgan fingerprint density at radius 3 is 2.69 bits per heavy atom. The van der Waals surface area contributed by atoms with E-state index in [-0.39, 0.29) is 29.6 Å². The molecule has 14 heteroatoms. The number of aliphatic hydroxyl groups excluding tert-OH is 5. The van der Waals surface area contributed by atoms with E-state index < -0.39 is 49.3 Å². The summed E-state index contributed by atoms with van der Waals surface area (Å²) in [5.74, 6) is 1.32. The maximum Gasteiger partial charge on any atom is 0.220 e. The Bertz CT molecular complexity index is 1740. The van der Waals surface area contributed by atoms with Crippen LogP contribution in [-0.2, 0) is 21.0 Å². The normalized spacial score (nSPS) is 28.8. The van der Waals surface area contributed by atoms with Crippen LogP contribution in [0.4, 0.5) is 5.69 Å². The van der Waals surface area contributed by atoms with Crippen molar-refractivity contribution >= 4 is 28.3 Å². The van der Waals surface area contributed by atoms with Gasteiger partial charge in [-0.25, -0.2) is 9.78 Å². The topological polar surface area (TPSA) is 204 Å². The molecule has 1 saturated heterocycles. The number of aryl methyl sites for hydroxylation is 1. The maximum atomic E-state index is 13.3. The molecule has 2 fully saturated rings. The van der Waals surface area contributed by atoms with Gasteiger partial charge < -0.3 is 44.9 Å². The van der Waals surface area contributed by atoms with Crippen LogP contribution in [0, 0.1) is 18.8 Å². The van der Waals surface area contributed by atoms with Gasteiger partial charge in [-0.3, -0.25) is 14.6 Å². The Hall–Kier alpha value is -3.63. The lowest BCUT2D eigenvalue weighted by molar-refractivity contribution is -0.364. The summed E-state index contributed by atoms with van der Waals surface area (Å²) < 4.78 is 13.4. The van der Waals surface area contributed by atoms with Crippen LogP contribution in [0.5, 0.6) is 5.75 Å². The molecular weight excluding hydrogens is 626 g/mol. The molecule has 5 heterocycles. The van der Waals surface area contributed by atoms with Gasteiger partial charge in [0.1, 0.15) is 54.2 Å². The van der Waals surface area contributed by atoms with Gasteiger partial charge in [0, 0.05) is 49.0 Å². The van der Waals surface area contributed by atoms with E-state index in [0.29, 0.717) is 66.1 Å². The van der Waals surface area contributed by atoms with Crippen molar-refractivity contribution in [3.8, 4) is 5.75 Å². The average Bonchev–Trinajstić information content (AvgIpc) is 3.80. The van der Waals surface area contributed by atoms with Crippen LogP contribution in [0.25, 0.3) is 11.0 Å². The zero-order chi connectivity index (χ0) is 33.7. The van der Waals surface area contributed by atoms with E-state index in [1.54, 1.807) is 19.2 Å².